The van der Waals surface area contributed by atoms with Crippen molar-refractivity contribution in [2.24, 2.45) is 0 Å². The lowest BCUT2D eigenvalue weighted by Crippen LogP contribution is -2.49. The molecule has 168 valence electrons. The second-order valence-electron chi connectivity index (χ2n) is 7.35. The summed E-state index contributed by atoms with van der Waals surface area (Å²) in [6, 6.07) is 12.9. The maximum absolute atomic E-state index is 13.2. The van der Waals surface area contributed by atoms with Crippen LogP contribution in [0.4, 0.5) is 0 Å². The Bertz CT molecular complexity index is 854. The predicted molar refractivity (Wildman–Crippen MR) is 131 cm³/mol. The van der Waals surface area contributed by atoms with Crippen molar-refractivity contribution in [3.63, 3.8) is 0 Å². The van der Waals surface area contributed by atoms with Gasteiger partial charge < -0.3 is 10.2 Å². The number of carbonyl (C=O) groups is 2. The summed E-state index contributed by atoms with van der Waals surface area (Å²) in [7, 11) is 0. The number of hydrogen-bond acceptors (Lipinski definition) is 3. The minimum Gasteiger partial charge on any atom is -0.354 e. The molecule has 2 aromatic carbocycles. The van der Waals surface area contributed by atoms with Crippen molar-refractivity contribution in [3.05, 3.63) is 63.6 Å². The number of hydrogen-bond donors (Lipinski definition) is 1. The molecular formula is C24H30Cl2N2O2S. The van der Waals surface area contributed by atoms with E-state index >= 15 is 0 Å². The zero-order valence-electron chi connectivity index (χ0n) is 18.3. The smallest absolute Gasteiger partial charge is 0.242 e. The monoisotopic (exact) mass is 480 g/mol. The zero-order chi connectivity index (χ0) is 22.8. The SMILES string of the molecule is CCCNC(=O)[C@H](CC)N(Cc1c(Cl)cccc1Cl)C(=O)CCSc1ccc(C)cc1. The molecule has 2 aromatic rings. The summed E-state index contributed by atoms with van der Waals surface area (Å²) < 4.78 is 0. The van der Waals surface area contributed by atoms with Crippen LogP contribution in [0, 0.1) is 6.92 Å². The van der Waals surface area contributed by atoms with Crippen LogP contribution < -0.4 is 5.32 Å². The molecule has 0 aliphatic carbocycles. The lowest BCUT2D eigenvalue weighted by atomic mass is 10.1. The Kier molecular flexibility index (Phi) is 10.7. The summed E-state index contributed by atoms with van der Waals surface area (Å²) in [4.78, 5) is 28.8. The highest BCUT2D eigenvalue weighted by Gasteiger charge is 2.29. The number of carbonyl (C=O) groups excluding carboxylic acids is 2. The van der Waals surface area contributed by atoms with E-state index in [-0.39, 0.29) is 18.4 Å². The second kappa shape index (κ2) is 13.0. The lowest BCUT2D eigenvalue weighted by molar-refractivity contribution is -0.141. The Morgan fingerprint density at radius 2 is 1.71 bits per heavy atom. The Morgan fingerprint density at radius 3 is 2.29 bits per heavy atom. The van der Waals surface area contributed by atoms with Crippen LogP contribution in [0.15, 0.2) is 47.4 Å². The van der Waals surface area contributed by atoms with E-state index < -0.39 is 6.04 Å². The first-order valence-corrected chi connectivity index (χ1v) is 12.3. The third kappa shape index (κ3) is 7.74. The van der Waals surface area contributed by atoms with Gasteiger partial charge in [0.05, 0.1) is 0 Å². The van der Waals surface area contributed by atoms with E-state index in [0.29, 0.717) is 40.7 Å². The van der Waals surface area contributed by atoms with E-state index in [2.05, 4.69) is 29.6 Å². The van der Waals surface area contributed by atoms with Crippen LogP contribution in [-0.4, -0.2) is 35.1 Å². The van der Waals surface area contributed by atoms with E-state index in [1.807, 2.05) is 20.8 Å². The topological polar surface area (TPSA) is 49.4 Å². The van der Waals surface area contributed by atoms with Gasteiger partial charge in [0.2, 0.25) is 11.8 Å². The van der Waals surface area contributed by atoms with Crippen LogP contribution in [0.25, 0.3) is 0 Å². The summed E-state index contributed by atoms with van der Waals surface area (Å²) >= 11 is 14.3. The Labute approximate surface area is 199 Å². The molecule has 0 aliphatic heterocycles. The Hall–Kier alpha value is -1.69. The fourth-order valence-electron chi connectivity index (χ4n) is 3.17. The van der Waals surface area contributed by atoms with Crippen LogP contribution >= 0.6 is 35.0 Å². The first-order chi connectivity index (χ1) is 14.9. The van der Waals surface area contributed by atoms with Gasteiger partial charge in [0, 0.05) is 45.8 Å². The van der Waals surface area contributed by atoms with Crippen LogP contribution in [0.5, 0.6) is 0 Å². The van der Waals surface area contributed by atoms with E-state index in [9.17, 15) is 9.59 Å². The van der Waals surface area contributed by atoms with Gasteiger partial charge in [0.15, 0.2) is 0 Å². The zero-order valence-corrected chi connectivity index (χ0v) is 20.6. The molecule has 0 radical (unpaired) electrons. The third-order valence-corrected chi connectivity index (χ3v) is 6.65. The van der Waals surface area contributed by atoms with E-state index in [4.69, 9.17) is 23.2 Å². The molecule has 7 heteroatoms. The molecule has 0 aromatic heterocycles. The van der Waals surface area contributed by atoms with Crippen molar-refractivity contribution < 1.29 is 9.59 Å². The van der Waals surface area contributed by atoms with Gasteiger partial charge in [-0.15, -0.1) is 11.8 Å². The fraction of sp³-hybridized carbons (Fsp3) is 0.417. The maximum Gasteiger partial charge on any atom is 0.242 e. The average Bonchev–Trinajstić information content (AvgIpc) is 2.75. The fourth-order valence-corrected chi connectivity index (χ4v) is 4.53. The van der Waals surface area contributed by atoms with Gasteiger partial charge in [-0.3, -0.25) is 9.59 Å². The van der Waals surface area contributed by atoms with Crippen molar-refractivity contribution in [2.45, 2.75) is 57.5 Å². The Balaban J connectivity index is 2.17. The molecule has 0 bridgehead atoms. The number of halogens is 2. The third-order valence-electron chi connectivity index (χ3n) is 4.93. The predicted octanol–water partition coefficient (Wildman–Crippen LogP) is 6.12. The molecule has 0 heterocycles. The van der Waals surface area contributed by atoms with Gasteiger partial charge in [-0.2, -0.15) is 0 Å². The molecule has 1 atom stereocenters. The average molecular weight is 481 g/mol. The molecule has 0 saturated heterocycles. The first kappa shape index (κ1) is 25.6. The summed E-state index contributed by atoms with van der Waals surface area (Å²) in [5, 5.41) is 3.89. The highest BCUT2D eigenvalue weighted by molar-refractivity contribution is 7.99. The van der Waals surface area contributed by atoms with Crippen molar-refractivity contribution >= 4 is 46.8 Å². The quantitative estimate of drug-likeness (QED) is 0.394. The summed E-state index contributed by atoms with van der Waals surface area (Å²) in [5.41, 5.74) is 1.86. The molecule has 1 N–H and O–H groups in total. The molecule has 2 amide bonds. The number of nitrogens with one attached hydrogen (secondary N) is 1. The van der Waals surface area contributed by atoms with Gasteiger partial charge in [-0.25, -0.2) is 0 Å². The number of amides is 2. The van der Waals surface area contributed by atoms with Crippen molar-refractivity contribution in [1.29, 1.82) is 0 Å². The Morgan fingerprint density at radius 1 is 1.06 bits per heavy atom. The van der Waals surface area contributed by atoms with Gasteiger partial charge >= 0.3 is 0 Å². The molecule has 0 aliphatic rings. The summed E-state index contributed by atoms with van der Waals surface area (Å²) in [6.07, 6.45) is 1.66. The van der Waals surface area contributed by atoms with Crippen LogP contribution in [-0.2, 0) is 16.1 Å². The highest BCUT2D eigenvalue weighted by atomic mass is 35.5. The van der Waals surface area contributed by atoms with Gasteiger partial charge in [-0.05, 0) is 44.0 Å². The van der Waals surface area contributed by atoms with Crippen LogP contribution in [0.3, 0.4) is 0 Å². The lowest BCUT2D eigenvalue weighted by Gasteiger charge is -2.31. The second-order valence-corrected chi connectivity index (χ2v) is 9.33. The minimum atomic E-state index is -0.573. The molecule has 31 heavy (non-hydrogen) atoms. The molecule has 0 spiro atoms. The summed E-state index contributed by atoms with van der Waals surface area (Å²) in [5.74, 6) is 0.392. The van der Waals surface area contributed by atoms with Crippen molar-refractivity contribution in [1.82, 2.24) is 10.2 Å². The largest absolute Gasteiger partial charge is 0.354 e. The van der Waals surface area contributed by atoms with Crippen LogP contribution in [0.1, 0.15) is 44.2 Å². The molecule has 0 unspecified atom stereocenters. The molecule has 4 nitrogen and oxygen atoms in total. The van der Waals surface area contributed by atoms with E-state index in [1.165, 1.54) is 5.56 Å². The molecular weight excluding hydrogens is 451 g/mol. The number of thioether (sulfide) groups is 1. The first-order valence-electron chi connectivity index (χ1n) is 10.6. The molecule has 0 saturated carbocycles. The van der Waals surface area contributed by atoms with Gasteiger partial charge in [0.25, 0.3) is 0 Å². The molecule has 2 rings (SSSR count). The number of nitrogens with zero attached hydrogens (tertiary/aromatic N) is 1. The minimum absolute atomic E-state index is 0.0888. The summed E-state index contributed by atoms with van der Waals surface area (Å²) in [6.45, 7) is 6.73. The van der Waals surface area contributed by atoms with Gasteiger partial charge in [0.1, 0.15) is 6.04 Å². The molecule has 0 fully saturated rings. The maximum atomic E-state index is 13.2. The van der Waals surface area contributed by atoms with E-state index in [0.717, 1.165) is 11.3 Å². The van der Waals surface area contributed by atoms with Gasteiger partial charge in [-0.1, -0.05) is 60.8 Å². The highest BCUT2D eigenvalue weighted by Crippen LogP contribution is 2.28. The number of rotatable bonds is 11. The number of aryl methyl sites for hydroxylation is 1. The van der Waals surface area contributed by atoms with Crippen molar-refractivity contribution in [3.8, 4) is 0 Å². The van der Waals surface area contributed by atoms with E-state index in [1.54, 1.807) is 34.9 Å². The van der Waals surface area contributed by atoms with Crippen LogP contribution in [0.2, 0.25) is 10.0 Å². The standard InChI is InChI=1S/C24H30Cl2N2O2S/c1-4-14-27-24(30)22(5-2)28(16-19-20(25)7-6-8-21(19)26)23(29)13-15-31-18-11-9-17(3)10-12-18/h6-12,22H,4-5,13-16H2,1-3H3,(H,27,30)/t22-/m0/s1. The normalized spacial score (nSPS) is 11.8. The number of benzene rings is 2. The van der Waals surface area contributed by atoms with Crippen molar-refractivity contribution in [2.75, 3.05) is 12.3 Å².